The Balaban J connectivity index is 1.16. The van der Waals surface area contributed by atoms with Crippen molar-refractivity contribution in [3.63, 3.8) is 0 Å². The molecule has 14 nitrogen and oxygen atoms in total. The summed E-state index contributed by atoms with van der Waals surface area (Å²) in [5, 5.41) is 0. The van der Waals surface area contributed by atoms with Crippen LogP contribution in [-0.4, -0.2) is 64.8 Å². The maximum Gasteiger partial charge on any atom is 0.336 e. The van der Waals surface area contributed by atoms with Crippen molar-refractivity contribution >= 4 is 41.9 Å². The fourth-order valence-corrected chi connectivity index (χ4v) is 9.03. The molecule has 0 bridgehead atoms. The molecule has 0 saturated heterocycles. The molecule has 0 saturated carbocycles. The first kappa shape index (κ1) is 68.6. The van der Waals surface area contributed by atoms with E-state index in [2.05, 4.69) is 86.6 Å². The molecule has 0 aromatic heterocycles. The van der Waals surface area contributed by atoms with Crippen LogP contribution in [0.2, 0.25) is 0 Å². The number of allylic oxidation sites excluding steroid dienone is 9. The molecule has 1 aliphatic rings. The second-order valence-corrected chi connectivity index (χ2v) is 22.1. The Kier molecular flexibility index (Phi) is 27.2. The largest absolute Gasteiger partial charge is 0.493 e. The first-order valence-electron chi connectivity index (χ1n) is 29.8. The third kappa shape index (κ3) is 22.9. The van der Waals surface area contributed by atoms with Gasteiger partial charge in [-0.3, -0.25) is 4.79 Å². The fourth-order valence-electron chi connectivity index (χ4n) is 9.03. The SMILES string of the molecule is COc1cc(/C=C/C(=O)Oc2ccc([C@@H]3CC(=O)c4c(ccc(OC(=O)/C=C/c5ccc(OC/C=C(\C)CCC=C(C)C)c(OC)c5)c4OC(=O)/C=C/c4ccc(OC/C=C(\C)CCC=C(C)C)c(OC)c4)O3)cc2)ccc1OC/C=C(\C)CCC=C(C)C. The lowest BCUT2D eigenvalue weighted by molar-refractivity contribution is -0.131. The standard InChI is InChI=1S/C75H84O14/c1-50(2)16-13-19-53(7)40-43-83-62-32-22-56(46-68(62)80-10)25-37-71(77)86-60-30-28-59(29-31-60)67-49-61(76)74-65(87-67)35-36-66(88-72(78)38-26-57-23-33-63(69(47-57)81-11)84-44-41-54(8)20-14-17-51(3)4)75(74)89-73(79)39-27-58-24-34-64(70(48-58)82-12)85-45-42-55(9)21-15-18-52(5)6/h16-18,22-42,46-48,67H,13-15,19-21,43-45,49H2,1-12H3/b37-25+,38-26+,39-27+,53-40+,54-41+,55-42+/t67-/m0/s1. The Labute approximate surface area is 525 Å². The number of ether oxygens (including phenoxy) is 10. The van der Waals surface area contributed by atoms with Gasteiger partial charge in [0.05, 0.1) is 27.8 Å². The summed E-state index contributed by atoms with van der Waals surface area (Å²) in [5.74, 6) is 0.147. The number of benzene rings is 5. The highest BCUT2D eigenvalue weighted by atomic mass is 16.6. The van der Waals surface area contributed by atoms with E-state index in [4.69, 9.17) is 47.4 Å². The van der Waals surface area contributed by atoms with Gasteiger partial charge in [0.15, 0.2) is 51.8 Å². The molecule has 0 unspecified atom stereocenters. The number of rotatable bonds is 31. The number of methoxy groups -OCH3 is 3. The lowest BCUT2D eigenvalue weighted by Gasteiger charge is -2.27. The molecule has 0 aliphatic carbocycles. The van der Waals surface area contributed by atoms with Crippen LogP contribution in [0.25, 0.3) is 18.2 Å². The predicted octanol–water partition coefficient (Wildman–Crippen LogP) is 17.5. The molecule has 0 N–H and O–H groups in total. The molecule has 5 aromatic carbocycles. The third-order valence-corrected chi connectivity index (χ3v) is 14.0. The summed E-state index contributed by atoms with van der Waals surface area (Å²) in [6, 6.07) is 25.3. The molecule has 1 aliphatic heterocycles. The van der Waals surface area contributed by atoms with E-state index in [0.717, 1.165) is 38.5 Å². The topological polar surface area (TPSA) is 161 Å². The summed E-state index contributed by atoms with van der Waals surface area (Å²) in [7, 11) is 4.62. The third-order valence-electron chi connectivity index (χ3n) is 14.0. The molecule has 89 heavy (non-hydrogen) atoms. The molecular formula is C75H84O14. The van der Waals surface area contributed by atoms with Crippen LogP contribution in [0.1, 0.15) is 146 Å². The molecule has 5 aromatic rings. The molecule has 0 fully saturated rings. The molecule has 0 radical (unpaired) electrons. The van der Waals surface area contributed by atoms with Gasteiger partial charge in [-0.15, -0.1) is 0 Å². The number of Topliss-reactive ketones (excluding diaryl/α,β-unsaturated/α-hetero) is 1. The van der Waals surface area contributed by atoms with E-state index in [1.54, 1.807) is 86.0 Å². The van der Waals surface area contributed by atoms with Gasteiger partial charge in [0.1, 0.15) is 43.0 Å². The van der Waals surface area contributed by atoms with E-state index in [1.807, 2.05) is 18.2 Å². The highest BCUT2D eigenvalue weighted by Crippen LogP contribution is 2.45. The van der Waals surface area contributed by atoms with Crippen molar-refractivity contribution in [1.29, 1.82) is 0 Å². The van der Waals surface area contributed by atoms with Crippen molar-refractivity contribution in [2.45, 2.75) is 113 Å². The van der Waals surface area contributed by atoms with E-state index >= 15 is 0 Å². The molecule has 14 heteroatoms. The number of ketones is 1. The number of fused-ring (bicyclic) bond motifs is 1. The van der Waals surface area contributed by atoms with Crippen molar-refractivity contribution in [2.75, 3.05) is 41.2 Å². The van der Waals surface area contributed by atoms with Gasteiger partial charge < -0.3 is 47.4 Å². The Morgan fingerprint density at radius 2 is 0.831 bits per heavy atom. The van der Waals surface area contributed by atoms with Crippen LogP contribution in [0.4, 0.5) is 0 Å². The van der Waals surface area contributed by atoms with Gasteiger partial charge in [-0.05, 0) is 220 Å². The Hall–Kier alpha value is -9.56. The van der Waals surface area contributed by atoms with Crippen molar-refractivity contribution in [2.24, 2.45) is 0 Å². The molecular weight excluding hydrogens is 1120 g/mol. The van der Waals surface area contributed by atoms with Gasteiger partial charge in [-0.1, -0.05) is 82.0 Å². The first-order chi connectivity index (χ1) is 42.8. The summed E-state index contributed by atoms with van der Waals surface area (Å²) in [5.41, 5.74) is 9.93. The van der Waals surface area contributed by atoms with Gasteiger partial charge in [0, 0.05) is 18.2 Å². The van der Waals surface area contributed by atoms with Crippen LogP contribution >= 0.6 is 0 Å². The summed E-state index contributed by atoms with van der Waals surface area (Å²) >= 11 is 0. The van der Waals surface area contributed by atoms with Crippen LogP contribution in [0.15, 0.2) is 179 Å². The van der Waals surface area contributed by atoms with Gasteiger partial charge in [-0.2, -0.15) is 0 Å². The minimum absolute atomic E-state index is 0.0879. The smallest absolute Gasteiger partial charge is 0.336 e. The highest BCUT2D eigenvalue weighted by Gasteiger charge is 2.34. The Bertz CT molecular complexity index is 3550. The van der Waals surface area contributed by atoms with E-state index in [0.29, 0.717) is 76.6 Å². The van der Waals surface area contributed by atoms with Crippen molar-refractivity contribution in [1.82, 2.24) is 0 Å². The zero-order valence-corrected chi connectivity index (χ0v) is 53.5. The second kappa shape index (κ2) is 35.3. The zero-order chi connectivity index (χ0) is 64.2. The maximum absolute atomic E-state index is 14.3. The predicted molar refractivity (Wildman–Crippen MR) is 352 cm³/mol. The van der Waals surface area contributed by atoms with Crippen LogP contribution < -0.4 is 47.4 Å². The van der Waals surface area contributed by atoms with E-state index in [9.17, 15) is 19.2 Å². The molecule has 6 rings (SSSR count). The molecule has 1 atom stereocenters. The van der Waals surface area contributed by atoms with Crippen LogP contribution in [0.5, 0.6) is 57.5 Å². The number of carbonyl (C=O) groups excluding carboxylic acids is 4. The summed E-state index contributed by atoms with van der Waals surface area (Å²) in [4.78, 5) is 54.7. The van der Waals surface area contributed by atoms with Crippen molar-refractivity contribution in [3.8, 4) is 57.5 Å². The number of hydrogen-bond donors (Lipinski definition) is 0. The first-order valence-corrected chi connectivity index (χ1v) is 29.8. The normalized spacial score (nSPS) is 13.3. The monoisotopic (exact) mass is 1210 g/mol. The van der Waals surface area contributed by atoms with Crippen LogP contribution in [0, 0.1) is 0 Å². The number of hydrogen-bond acceptors (Lipinski definition) is 14. The molecule has 0 amide bonds. The van der Waals surface area contributed by atoms with Crippen molar-refractivity contribution < 1.29 is 66.5 Å². The van der Waals surface area contributed by atoms with Gasteiger partial charge in [0.2, 0.25) is 0 Å². The van der Waals surface area contributed by atoms with Gasteiger partial charge >= 0.3 is 17.9 Å². The van der Waals surface area contributed by atoms with Gasteiger partial charge in [0.25, 0.3) is 0 Å². The minimum atomic E-state index is -0.874. The fraction of sp³-hybridized carbons (Fsp3) is 0.307. The Morgan fingerprint density at radius 1 is 0.449 bits per heavy atom. The van der Waals surface area contributed by atoms with Crippen LogP contribution in [-0.2, 0) is 14.4 Å². The number of carbonyl (C=O) groups is 4. The molecule has 0 spiro atoms. The Morgan fingerprint density at radius 3 is 1.22 bits per heavy atom. The average molecular weight is 1210 g/mol. The lowest BCUT2D eigenvalue weighted by Crippen LogP contribution is -2.22. The summed E-state index contributed by atoms with van der Waals surface area (Å²) in [6.07, 6.45) is 25.9. The van der Waals surface area contributed by atoms with Crippen molar-refractivity contribution in [3.05, 3.63) is 207 Å². The van der Waals surface area contributed by atoms with Crippen LogP contribution in [0.3, 0.4) is 0 Å². The second-order valence-electron chi connectivity index (χ2n) is 22.1. The summed E-state index contributed by atoms with van der Waals surface area (Å²) < 4.78 is 58.6. The van der Waals surface area contributed by atoms with E-state index < -0.39 is 29.8 Å². The molecule has 468 valence electrons. The zero-order valence-electron chi connectivity index (χ0n) is 53.5. The van der Waals surface area contributed by atoms with E-state index in [1.165, 1.54) is 90.2 Å². The van der Waals surface area contributed by atoms with E-state index in [-0.39, 0.29) is 35.0 Å². The average Bonchev–Trinajstić information content (AvgIpc) is 1.28. The molecule has 1 heterocycles. The minimum Gasteiger partial charge on any atom is -0.493 e. The van der Waals surface area contributed by atoms with Gasteiger partial charge in [-0.25, -0.2) is 14.4 Å². The quantitative estimate of drug-likeness (QED) is 0.0178. The lowest BCUT2D eigenvalue weighted by atomic mass is 9.95. The highest BCUT2D eigenvalue weighted by molar-refractivity contribution is 6.05. The maximum atomic E-state index is 14.3. The summed E-state index contributed by atoms with van der Waals surface area (Å²) in [6.45, 7) is 19.8. The number of esters is 3.